The Kier molecular flexibility index (Phi) is 10.0. The Morgan fingerprint density at radius 1 is 1.00 bits per heavy atom. The summed E-state index contributed by atoms with van der Waals surface area (Å²) in [6.07, 6.45) is 3.65. The third-order valence-corrected chi connectivity index (χ3v) is 7.78. The predicted octanol–water partition coefficient (Wildman–Crippen LogP) is 6.39. The minimum atomic E-state index is -0.586. The summed E-state index contributed by atoms with van der Waals surface area (Å²) in [6.45, 7) is 4.11. The maximum absolute atomic E-state index is 15.1. The molecule has 0 aliphatic rings. The van der Waals surface area contributed by atoms with Crippen LogP contribution in [0, 0.1) is 12.7 Å². The Balaban J connectivity index is 1.22. The summed E-state index contributed by atoms with van der Waals surface area (Å²) in [5.74, 6) is -0.318. The summed E-state index contributed by atoms with van der Waals surface area (Å²) in [4.78, 5) is 22.3. The molecule has 0 aliphatic carbocycles. The SMILES string of the molecule is COCCNCc1ccc(-c2cc3nccc(Oc4ccc(NC(=S)NC(=O)Cc5ccc(C)cc5)cc4F)c3s2)nc1. The van der Waals surface area contributed by atoms with Gasteiger partial charge in [0, 0.05) is 50.4 Å². The van der Waals surface area contributed by atoms with E-state index in [0.717, 1.165) is 44.0 Å². The van der Waals surface area contributed by atoms with Crippen molar-refractivity contribution >= 4 is 50.5 Å². The van der Waals surface area contributed by atoms with Crippen molar-refractivity contribution < 1.29 is 18.7 Å². The molecule has 0 aliphatic heterocycles. The van der Waals surface area contributed by atoms with Crippen LogP contribution in [0.15, 0.2) is 79.1 Å². The molecule has 220 valence electrons. The fourth-order valence-corrected chi connectivity index (χ4v) is 5.48. The second-order valence-corrected chi connectivity index (χ2v) is 11.2. The van der Waals surface area contributed by atoms with Crippen LogP contribution in [0.5, 0.6) is 11.5 Å². The molecule has 5 aromatic rings. The number of anilines is 1. The fourth-order valence-electron chi connectivity index (χ4n) is 4.21. The van der Waals surface area contributed by atoms with Gasteiger partial charge in [-0.3, -0.25) is 14.8 Å². The summed E-state index contributed by atoms with van der Waals surface area (Å²) in [6, 6.07) is 19.7. The number of thiocarbonyl (C=S) groups is 1. The first kappa shape index (κ1) is 30.2. The van der Waals surface area contributed by atoms with Crippen molar-refractivity contribution in [1.82, 2.24) is 20.6 Å². The van der Waals surface area contributed by atoms with Crippen LogP contribution < -0.4 is 20.7 Å². The highest BCUT2D eigenvalue weighted by atomic mass is 32.1. The summed E-state index contributed by atoms with van der Waals surface area (Å²) < 4.78 is 26.9. The Morgan fingerprint density at radius 3 is 2.56 bits per heavy atom. The van der Waals surface area contributed by atoms with E-state index >= 15 is 4.39 Å². The van der Waals surface area contributed by atoms with E-state index in [-0.39, 0.29) is 23.2 Å². The van der Waals surface area contributed by atoms with Crippen LogP contribution in [0.1, 0.15) is 16.7 Å². The summed E-state index contributed by atoms with van der Waals surface area (Å²) in [5.41, 5.74) is 4.99. The molecule has 0 unspecified atom stereocenters. The molecule has 43 heavy (non-hydrogen) atoms. The van der Waals surface area contributed by atoms with Crippen molar-refractivity contribution in [1.29, 1.82) is 0 Å². The minimum Gasteiger partial charge on any atom is -0.453 e. The number of carbonyl (C=O) groups excluding carboxylic acids is 1. The lowest BCUT2D eigenvalue weighted by atomic mass is 10.1. The second-order valence-electron chi connectivity index (χ2n) is 9.77. The van der Waals surface area contributed by atoms with E-state index in [1.54, 1.807) is 25.4 Å². The van der Waals surface area contributed by atoms with Gasteiger partial charge in [0.25, 0.3) is 0 Å². The monoisotopic (exact) mass is 615 g/mol. The standard InChI is InChI=1S/C32H30FN5O3S2/c1-20-3-5-21(6-4-20)15-30(39)38-32(42)37-23-8-10-27(24(33)16-23)41-28-11-12-35-26-17-29(43-31(26)28)25-9-7-22(19-36-25)18-34-13-14-40-2/h3-12,16-17,19,34H,13-15,18H2,1-2H3,(H2,37,38,39,42). The zero-order valence-electron chi connectivity index (χ0n) is 23.6. The van der Waals surface area contributed by atoms with Gasteiger partial charge < -0.3 is 25.4 Å². The van der Waals surface area contributed by atoms with E-state index in [0.29, 0.717) is 24.6 Å². The van der Waals surface area contributed by atoms with Crippen LogP contribution >= 0.6 is 23.6 Å². The number of rotatable bonds is 11. The van der Waals surface area contributed by atoms with Gasteiger partial charge in [-0.2, -0.15) is 0 Å². The van der Waals surface area contributed by atoms with E-state index in [4.69, 9.17) is 21.7 Å². The number of nitrogens with one attached hydrogen (secondary N) is 3. The van der Waals surface area contributed by atoms with Gasteiger partial charge in [-0.05, 0) is 54.5 Å². The number of ether oxygens (including phenoxy) is 2. The molecular formula is C32H30FN5O3S2. The van der Waals surface area contributed by atoms with E-state index in [2.05, 4.69) is 25.9 Å². The topological polar surface area (TPSA) is 97.4 Å². The zero-order valence-corrected chi connectivity index (χ0v) is 25.3. The molecule has 1 amide bonds. The van der Waals surface area contributed by atoms with Gasteiger partial charge >= 0.3 is 0 Å². The number of hydrogen-bond donors (Lipinski definition) is 3. The van der Waals surface area contributed by atoms with Crippen molar-refractivity contribution in [3.63, 3.8) is 0 Å². The number of fused-ring (bicyclic) bond motifs is 1. The minimum absolute atomic E-state index is 0.0470. The lowest BCUT2D eigenvalue weighted by molar-refractivity contribution is -0.119. The number of thiophene rings is 1. The average molecular weight is 616 g/mol. The number of carbonyl (C=O) groups is 1. The quantitative estimate of drug-likeness (QED) is 0.116. The fraction of sp³-hybridized carbons (Fsp3) is 0.188. The lowest BCUT2D eigenvalue weighted by Gasteiger charge is -2.12. The van der Waals surface area contributed by atoms with Gasteiger partial charge in [0.05, 0.1) is 33.8 Å². The van der Waals surface area contributed by atoms with Gasteiger partial charge in [0.15, 0.2) is 16.7 Å². The summed E-state index contributed by atoms with van der Waals surface area (Å²) in [5, 5.41) is 8.86. The maximum atomic E-state index is 15.1. The average Bonchev–Trinajstić information content (AvgIpc) is 3.44. The number of halogens is 1. The van der Waals surface area contributed by atoms with Crippen molar-refractivity contribution in [2.45, 2.75) is 19.9 Å². The molecule has 3 heterocycles. The van der Waals surface area contributed by atoms with Crippen molar-refractivity contribution in [2.75, 3.05) is 25.6 Å². The molecule has 0 bridgehead atoms. The number of aromatic nitrogens is 2. The molecule has 8 nitrogen and oxygen atoms in total. The maximum Gasteiger partial charge on any atom is 0.230 e. The molecule has 3 aromatic heterocycles. The van der Waals surface area contributed by atoms with Gasteiger partial charge in [-0.15, -0.1) is 11.3 Å². The van der Waals surface area contributed by atoms with E-state index < -0.39 is 5.82 Å². The smallest absolute Gasteiger partial charge is 0.230 e. The molecule has 0 atom stereocenters. The zero-order chi connectivity index (χ0) is 30.2. The van der Waals surface area contributed by atoms with Crippen LogP contribution in [0.3, 0.4) is 0 Å². The first-order chi connectivity index (χ1) is 20.9. The Hall–Kier alpha value is -4.29. The highest BCUT2D eigenvalue weighted by Crippen LogP contribution is 2.39. The molecular weight excluding hydrogens is 586 g/mol. The van der Waals surface area contributed by atoms with E-state index in [1.165, 1.54) is 23.5 Å². The Morgan fingerprint density at radius 2 is 1.81 bits per heavy atom. The first-order valence-electron chi connectivity index (χ1n) is 13.6. The van der Waals surface area contributed by atoms with Gasteiger partial charge in [-0.1, -0.05) is 35.9 Å². The highest BCUT2D eigenvalue weighted by Gasteiger charge is 2.14. The highest BCUT2D eigenvalue weighted by molar-refractivity contribution is 7.80. The number of amides is 1. The number of nitrogens with zero attached hydrogens (tertiary/aromatic N) is 2. The van der Waals surface area contributed by atoms with Crippen molar-refractivity contribution in [3.05, 3.63) is 102 Å². The molecule has 11 heteroatoms. The third-order valence-electron chi connectivity index (χ3n) is 6.41. The molecule has 0 radical (unpaired) electrons. The molecule has 0 spiro atoms. The summed E-state index contributed by atoms with van der Waals surface area (Å²) >= 11 is 6.72. The van der Waals surface area contributed by atoms with Crippen LogP contribution in [-0.2, 0) is 22.5 Å². The van der Waals surface area contributed by atoms with Crippen LogP contribution in [0.25, 0.3) is 20.8 Å². The number of pyridine rings is 2. The number of aryl methyl sites for hydroxylation is 1. The predicted molar refractivity (Wildman–Crippen MR) is 172 cm³/mol. The van der Waals surface area contributed by atoms with Crippen LogP contribution in [-0.4, -0.2) is 41.2 Å². The summed E-state index contributed by atoms with van der Waals surface area (Å²) in [7, 11) is 1.67. The third kappa shape index (κ3) is 8.17. The lowest BCUT2D eigenvalue weighted by Crippen LogP contribution is -2.35. The molecule has 0 saturated heterocycles. The number of methoxy groups -OCH3 is 1. The second kappa shape index (κ2) is 14.3. The van der Waals surface area contributed by atoms with Crippen LogP contribution in [0.4, 0.5) is 10.1 Å². The number of hydrogen-bond acceptors (Lipinski definition) is 8. The van der Waals surface area contributed by atoms with Crippen molar-refractivity contribution in [2.24, 2.45) is 0 Å². The molecule has 2 aromatic carbocycles. The van der Waals surface area contributed by atoms with Crippen molar-refractivity contribution in [3.8, 4) is 22.1 Å². The largest absolute Gasteiger partial charge is 0.453 e. The van der Waals surface area contributed by atoms with Gasteiger partial charge in [-0.25, -0.2) is 4.39 Å². The molecule has 3 N–H and O–H groups in total. The number of benzene rings is 2. The van der Waals surface area contributed by atoms with Gasteiger partial charge in [0.1, 0.15) is 5.75 Å². The Labute approximate surface area is 258 Å². The molecule has 0 saturated carbocycles. The normalized spacial score (nSPS) is 11.0. The van der Waals surface area contributed by atoms with E-state index in [9.17, 15) is 4.79 Å². The molecule has 0 fully saturated rings. The Bertz CT molecular complexity index is 1730. The van der Waals surface area contributed by atoms with E-state index in [1.807, 2.05) is 55.6 Å². The molecule has 5 rings (SSSR count). The first-order valence-corrected chi connectivity index (χ1v) is 14.8. The van der Waals surface area contributed by atoms with Crippen LogP contribution in [0.2, 0.25) is 0 Å². The van der Waals surface area contributed by atoms with Gasteiger partial charge in [0.2, 0.25) is 5.91 Å².